The Kier molecular flexibility index (Phi) is 3.58. The van der Waals surface area contributed by atoms with Crippen LogP contribution in [-0.2, 0) is 5.41 Å². The molecule has 3 heteroatoms. The molecule has 1 rings (SSSR count). The molecule has 0 aliphatic rings. The summed E-state index contributed by atoms with van der Waals surface area (Å²) in [5.41, 5.74) is 6.72. The van der Waals surface area contributed by atoms with Gasteiger partial charge in [0.2, 0.25) is 0 Å². The Balaban J connectivity index is 3.29. The van der Waals surface area contributed by atoms with Crippen molar-refractivity contribution in [1.29, 1.82) is 0 Å². The Morgan fingerprint density at radius 1 is 1.20 bits per heavy atom. The number of hydrogen-bond donors (Lipinski definition) is 1. The molecular weight excluding hydrogens is 190 g/mol. The minimum atomic E-state index is -0.111. The van der Waals surface area contributed by atoms with Crippen LogP contribution in [0.25, 0.3) is 0 Å². The Labute approximate surface area is 91.2 Å². The summed E-state index contributed by atoms with van der Waals surface area (Å²) in [5.74, 6) is 1.52. The number of nitrogens with two attached hydrogens (primary N) is 1. The predicted molar refractivity (Wildman–Crippen MR) is 61.6 cm³/mol. The number of ether oxygens (including phenoxy) is 2. The van der Waals surface area contributed by atoms with E-state index in [1.807, 2.05) is 18.2 Å². The zero-order valence-corrected chi connectivity index (χ0v) is 9.83. The van der Waals surface area contributed by atoms with Gasteiger partial charge in [0.05, 0.1) is 14.2 Å². The van der Waals surface area contributed by atoms with Crippen molar-refractivity contribution < 1.29 is 9.47 Å². The average Bonchev–Trinajstić information content (AvgIpc) is 2.27. The molecule has 0 aliphatic heterocycles. The quantitative estimate of drug-likeness (QED) is 0.824. The first kappa shape index (κ1) is 11.9. The van der Waals surface area contributed by atoms with Crippen molar-refractivity contribution >= 4 is 0 Å². The zero-order valence-electron chi connectivity index (χ0n) is 9.83. The fourth-order valence-corrected chi connectivity index (χ4v) is 1.53. The highest BCUT2D eigenvalue weighted by atomic mass is 16.5. The summed E-state index contributed by atoms with van der Waals surface area (Å²) in [6.45, 7) is 4.74. The van der Waals surface area contributed by atoms with Gasteiger partial charge in [-0.05, 0) is 6.07 Å². The van der Waals surface area contributed by atoms with E-state index in [0.717, 1.165) is 17.1 Å². The summed E-state index contributed by atoms with van der Waals surface area (Å²) in [4.78, 5) is 0. The first-order valence-corrected chi connectivity index (χ1v) is 4.98. The van der Waals surface area contributed by atoms with Crippen LogP contribution >= 0.6 is 0 Å². The zero-order chi connectivity index (χ0) is 11.5. The summed E-state index contributed by atoms with van der Waals surface area (Å²) >= 11 is 0. The molecule has 0 amide bonds. The van der Waals surface area contributed by atoms with E-state index in [9.17, 15) is 0 Å². The number of methoxy groups -OCH3 is 2. The molecule has 1 aromatic rings. The van der Waals surface area contributed by atoms with Gasteiger partial charge in [-0.25, -0.2) is 0 Å². The molecule has 0 heterocycles. The smallest absolute Gasteiger partial charge is 0.164 e. The number of para-hydroxylation sites is 1. The summed E-state index contributed by atoms with van der Waals surface area (Å²) in [6, 6.07) is 5.86. The third-order valence-corrected chi connectivity index (χ3v) is 2.64. The van der Waals surface area contributed by atoms with Gasteiger partial charge in [-0.1, -0.05) is 26.0 Å². The van der Waals surface area contributed by atoms with Crippen molar-refractivity contribution in [2.24, 2.45) is 5.73 Å². The molecule has 1 aromatic carbocycles. The van der Waals surface area contributed by atoms with Crippen LogP contribution in [0.4, 0.5) is 0 Å². The van der Waals surface area contributed by atoms with E-state index in [4.69, 9.17) is 15.2 Å². The van der Waals surface area contributed by atoms with Gasteiger partial charge >= 0.3 is 0 Å². The standard InChI is InChI=1S/C12H19NO2/c1-12(2,8-13)9-6-5-7-10(14-3)11(9)15-4/h5-7H,8,13H2,1-4H3. The monoisotopic (exact) mass is 209 g/mol. The molecule has 0 saturated heterocycles. The Morgan fingerprint density at radius 3 is 2.33 bits per heavy atom. The average molecular weight is 209 g/mol. The third kappa shape index (κ3) is 2.23. The van der Waals surface area contributed by atoms with Crippen molar-refractivity contribution in [2.75, 3.05) is 20.8 Å². The molecule has 0 aromatic heterocycles. The van der Waals surface area contributed by atoms with Crippen LogP contribution in [0.2, 0.25) is 0 Å². The lowest BCUT2D eigenvalue weighted by Crippen LogP contribution is -2.28. The molecule has 0 aliphatic carbocycles. The Bertz CT molecular complexity index is 334. The van der Waals surface area contributed by atoms with Crippen molar-refractivity contribution in [3.8, 4) is 11.5 Å². The molecule has 0 saturated carbocycles. The van der Waals surface area contributed by atoms with E-state index in [-0.39, 0.29) is 5.41 Å². The molecule has 0 radical (unpaired) electrons. The highest BCUT2D eigenvalue weighted by Crippen LogP contribution is 2.37. The van der Waals surface area contributed by atoms with E-state index >= 15 is 0 Å². The minimum absolute atomic E-state index is 0.111. The second-order valence-electron chi connectivity index (χ2n) is 4.13. The SMILES string of the molecule is COc1cccc(C(C)(C)CN)c1OC. The molecule has 84 valence electrons. The number of benzene rings is 1. The van der Waals surface area contributed by atoms with Crippen LogP contribution in [0.5, 0.6) is 11.5 Å². The molecule has 3 nitrogen and oxygen atoms in total. The summed E-state index contributed by atoms with van der Waals surface area (Å²) in [7, 11) is 3.28. The topological polar surface area (TPSA) is 44.5 Å². The van der Waals surface area contributed by atoms with Crippen LogP contribution in [0.1, 0.15) is 19.4 Å². The number of hydrogen-bond acceptors (Lipinski definition) is 3. The van der Waals surface area contributed by atoms with Crippen molar-refractivity contribution in [3.63, 3.8) is 0 Å². The third-order valence-electron chi connectivity index (χ3n) is 2.64. The van der Waals surface area contributed by atoms with Gasteiger partial charge in [-0.3, -0.25) is 0 Å². The lowest BCUT2D eigenvalue weighted by molar-refractivity contribution is 0.343. The normalized spacial score (nSPS) is 11.3. The van der Waals surface area contributed by atoms with Gasteiger partial charge in [-0.15, -0.1) is 0 Å². The van der Waals surface area contributed by atoms with E-state index in [2.05, 4.69) is 13.8 Å². The molecule has 0 bridgehead atoms. The molecule has 0 atom stereocenters. The molecule has 0 unspecified atom stereocenters. The minimum Gasteiger partial charge on any atom is -0.493 e. The molecular formula is C12H19NO2. The second-order valence-corrected chi connectivity index (χ2v) is 4.13. The van der Waals surface area contributed by atoms with Gasteiger partial charge in [-0.2, -0.15) is 0 Å². The largest absolute Gasteiger partial charge is 0.493 e. The van der Waals surface area contributed by atoms with Crippen LogP contribution in [0.3, 0.4) is 0 Å². The van der Waals surface area contributed by atoms with Crippen molar-refractivity contribution in [2.45, 2.75) is 19.3 Å². The summed E-state index contributed by atoms with van der Waals surface area (Å²) in [6.07, 6.45) is 0. The fourth-order valence-electron chi connectivity index (χ4n) is 1.53. The molecule has 0 spiro atoms. The van der Waals surface area contributed by atoms with E-state index < -0.39 is 0 Å². The highest BCUT2D eigenvalue weighted by Gasteiger charge is 2.24. The lowest BCUT2D eigenvalue weighted by atomic mass is 9.84. The maximum absolute atomic E-state index is 5.76. The fraction of sp³-hybridized carbons (Fsp3) is 0.500. The van der Waals surface area contributed by atoms with E-state index in [0.29, 0.717) is 6.54 Å². The first-order chi connectivity index (χ1) is 7.06. The Morgan fingerprint density at radius 2 is 1.87 bits per heavy atom. The van der Waals surface area contributed by atoms with Crippen molar-refractivity contribution in [3.05, 3.63) is 23.8 Å². The molecule has 0 fully saturated rings. The van der Waals surface area contributed by atoms with E-state index in [1.54, 1.807) is 14.2 Å². The molecule has 2 N–H and O–H groups in total. The van der Waals surface area contributed by atoms with Crippen LogP contribution in [0.15, 0.2) is 18.2 Å². The maximum atomic E-state index is 5.76. The van der Waals surface area contributed by atoms with Gasteiger partial charge in [0.1, 0.15) is 0 Å². The van der Waals surface area contributed by atoms with Crippen LogP contribution < -0.4 is 15.2 Å². The van der Waals surface area contributed by atoms with Gasteiger partial charge in [0.15, 0.2) is 11.5 Å². The maximum Gasteiger partial charge on any atom is 0.164 e. The first-order valence-electron chi connectivity index (χ1n) is 4.98. The number of rotatable bonds is 4. The highest BCUT2D eigenvalue weighted by molar-refractivity contribution is 5.49. The summed E-state index contributed by atoms with van der Waals surface area (Å²) < 4.78 is 10.6. The van der Waals surface area contributed by atoms with Gasteiger partial charge < -0.3 is 15.2 Å². The van der Waals surface area contributed by atoms with Crippen LogP contribution in [-0.4, -0.2) is 20.8 Å². The van der Waals surface area contributed by atoms with E-state index in [1.165, 1.54) is 0 Å². The van der Waals surface area contributed by atoms with Gasteiger partial charge in [0, 0.05) is 17.5 Å². The predicted octanol–water partition coefficient (Wildman–Crippen LogP) is 1.94. The van der Waals surface area contributed by atoms with Gasteiger partial charge in [0.25, 0.3) is 0 Å². The second kappa shape index (κ2) is 4.53. The van der Waals surface area contributed by atoms with Crippen molar-refractivity contribution in [1.82, 2.24) is 0 Å². The van der Waals surface area contributed by atoms with Crippen LogP contribution in [0, 0.1) is 0 Å². The summed E-state index contributed by atoms with van der Waals surface area (Å²) in [5, 5.41) is 0. The Hall–Kier alpha value is -1.22. The molecule has 15 heavy (non-hydrogen) atoms. The lowest BCUT2D eigenvalue weighted by Gasteiger charge is -2.26.